The molecule has 2 rings (SSSR count). The minimum absolute atomic E-state index is 0.0583. The molecule has 0 bridgehead atoms. The van der Waals surface area contributed by atoms with Crippen LogP contribution in [0, 0.1) is 17.2 Å². The number of rotatable bonds is 7. The van der Waals surface area contributed by atoms with E-state index in [4.69, 9.17) is 9.47 Å². The molecule has 2 heterocycles. The summed E-state index contributed by atoms with van der Waals surface area (Å²) < 4.78 is 11.3. The number of hydrogen-bond acceptors (Lipinski definition) is 5. The molecule has 0 N–H and O–H groups in total. The van der Waals surface area contributed by atoms with Gasteiger partial charge >= 0.3 is 0 Å². The fourth-order valence-corrected chi connectivity index (χ4v) is 3.10. The predicted molar refractivity (Wildman–Crippen MR) is 82.0 cm³/mol. The summed E-state index contributed by atoms with van der Waals surface area (Å²) in [6.07, 6.45) is 2.64. The van der Waals surface area contributed by atoms with Crippen LogP contribution < -0.4 is 0 Å². The first-order chi connectivity index (χ1) is 10.2. The normalized spacial score (nSPS) is 26.1. The smallest absolute Gasteiger partial charge is 0.100 e. The van der Waals surface area contributed by atoms with Crippen LogP contribution in [0.5, 0.6) is 0 Å². The molecular formula is C16H29N3O2. The van der Waals surface area contributed by atoms with Crippen molar-refractivity contribution in [3.63, 3.8) is 0 Å². The summed E-state index contributed by atoms with van der Waals surface area (Å²) in [6.45, 7) is 11.7. The first kappa shape index (κ1) is 16.7. The van der Waals surface area contributed by atoms with E-state index < -0.39 is 0 Å². The third kappa shape index (κ3) is 5.23. The van der Waals surface area contributed by atoms with E-state index in [1.165, 1.54) is 6.42 Å². The lowest BCUT2D eigenvalue weighted by Crippen LogP contribution is -2.51. The Hall–Kier alpha value is -0.670. The van der Waals surface area contributed by atoms with Gasteiger partial charge in [0.25, 0.3) is 0 Å². The molecule has 5 heteroatoms. The Kier molecular flexibility index (Phi) is 6.91. The summed E-state index contributed by atoms with van der Waals surface area (Å²) in [6, 6.07) is 2.50. The van der Waals surface area contributed by atoms with Gasteiger partial charge in [0.2, 0.25) is 0 Å². The molecule has 2 aliphatic rings. The fourth-order valence-electron chi connectivity index (χ4n) is 3.10. The molecule has 0 aromatic rings. The quantitative estimate of drug-likeness (QED) is 0.664. The average molecular weight is 295 g/mol. The van der Waals surface area contributed by atoms with Crippen LogP contribution in [0.15, 0.2) is 0 Å². The highest BCUT2D eigenvalue weighted by Crippen LogP contribution is 2.14. The maximum atomic E-state index is 9.25. The summed E-state index contributed by atoms with van der Waals surface area (Å²) >= 11 is 0. The first-order valence-corrected chi connectivity index (χ1v) is 8.26. The van der Waals surface area contributed by atoms with Crippen LogP contribution in [0.3, 0.4) is 0 Å². The molecule has 5 nitrogen and oxygen atoms in total. The van der Waals surface area contributed by atoms with Gasteiger partial charge in [-0.25, -0.2) is 0 Å². The summed E-state index contributed by atoms with van der Waals surface area (Å²) in [7, 11) is 0. The summed E-state index contributed by atoms with van der Waals surface area (Å²) in [5, 5.41) is 9.25. The maximum absolute atomic E-state index is 9.25. The molecule has 2 fully saturated rings. The highest BCUT2D eigenvalue weighted by Gasteiger charge is 2.25. The Labute approximate surface area is 128 Å². The number of hydrogen-bond donors (Lipinski definition) is 0. The van der Waals surface area contributed by atoms with Gasteiger partial charge in [-0.3, -0.25) is 9.80 Å². The Morgan fingerprint density at radius 2 is 2.05 bits per heavy atom. The van der Waals surface area contributed by atoms with Gasteiger partial charge in [0.05, 0.1) is 25.4 Å². The molecule has 0 aromatic carbocycles. The second-order valence-corrected chi connectivity index (χ2v) is 6.41. The molecule has 21 heavy (non-hydrogen) atoms. The Balaban J connectivity index is 1.57. The van der Waals surface area contributed by atoms with Gasteiger partial charge in [-0.05, 0) is 18.8 Å². The van der Waals surface area contributed by atoms with E-state index in [0.29, 0.717) is 12.0 Å². The SMILES string of the molecule is CC(C)C(C#N)N1CCN(CCOCC2CCCO2)CC1. The van der Waals surface area contributed by atoms with Crippen LogP contribution in [0.2, 0.25) is 0 Å². The molecule has 0 aliphatic carbocycles. The van der Waals surface area contributed by atoms with Crippen molar-refractivity contribution in [1.82, 2.24) is 9.80 Å². The van der Waals surface area contributed by atoms with Gasteiger partial charge in [0.15, 0.2) is 0 Å². The second kappa shape index (κ2) is 8.70. The average Bonchev–Trinajstić information content (AvgIpc) is 2.99. The molecule has 0 saturated carbocycles. The summed E-state index contributed by atoms with van der Waals surface area (Å²) in [5.41, 5.74) is 0. The summed E-state index contributed by atoms with van der Waals surface area (Å²) in [4.78, 5) is 4.75. The standard InChI is InChI=1S/C16H29N3O2/c1-14(2)16(12-17)19-7-5-18(6-8-19)9-11-20-13-15-4-3-10-21-15/h14-16H,3-11,13H2,1-2H3. The monoisotopic (exact) mass is 295 g/mol. The van der Waals surface area contributed by atoms with Crippen molar-refractivity contribution in [2.75, 3.05) is 52.5 Å². The van der Waals surface area contributed by atoms with Gasteiger partial charge in [-0.15, -0.1) is 0 Å². The minimum atomic E-state index is 0.0583. The van der Waals surface area contributed by atoms with Crippen molar-refractivity contribution in [3.8, 4) is 6.07 Å². The van der Waals surface area contributed by atoms with Crippen molar-refractivity contribution in [2.24, 2.45) is 5.92 Å². The van der Waals surface area contributed by atoms with Crippen LogP contribution in [0.1, 0.15) is 26.7 Å². The minimum Gasteiger partial charge on any atom is -0.377 e. The van der Waals surface area contributed by atoms with E-state index in [9.17, 15) is 5.26 Å². The van der Waals surface area contributed by atoms with Gasteiger partial charge in [-0.1, -0.05) is 13.8 Å². The third-order valence-electron chi connectivity index (χ3n) is 4.44. The van der Waals surface area contributed by atoms with Crippen LogP contribution >= 0.6 is 0 Å². The number of nitrogens with zero attached hydrogens (tertiary/aromatic N) is 3. The van der Waals surface area contributed by atoms with Gasteiger partial charge in [0.1, 0.15) is 6.04 Å². The Morgan fingerprint density at radius 3 is 2.62 bits per heavy atom. The largest absolute Gasteiger partial charge is 0.377 e. The predicted octanol–water partition coefficient (Wildman–Crippen LogP) is 1.35. The Morgan fingerprint density at radius 1 is 1.29 bits per heavy atom. The number of piperazine rings is 1. The lowest BCUT2D eigenvalue weighted by Gasteiger charge is -2.38. The van der Waals surface area contributed by atoms with E-state index >= 15 is 0 Å². The lowest BCUT2D eigenvalue weighted by atomic mass is 10.0. The van der Waals surface area contributed by atoms with Crippen molar-refractivity contribution in [2.45, 2.75) is 38.8 Å². The molecule has 120 valence electrons. The van der Waals surface area contributed by atoms with Crippen LogP contribution in [-0.2, 0) is 9.47 Å². The van der Waals surface area contributed by atoms with Gasteiger partial charge in [0, 0.05) is 39.3 Å². The topological polar surface area (TPSA) is 48.7 Å². The van der Waals surface area contributed by atoms with Gasteiger partial charge in [-0.2, -0.15) is 5.26 Å². The molecular weight excluding hydrogens is 266 g/mol. The molecule has 2 atom stereocenters. The van der Waals surface area contributed by atoms with Crippen LogP contribution in [-0.4, -0.2) is 74.5 Å². The zero-order chi connectivity index (χ0) is 15.1. The van der Waals surface area contributed by atoms with Crippen molar-refractivity contribution in [3.05, 3.63) is 0 Å². The maximum Gasteiger partial charge on any atom is 0.100 e. The first-order valence-electron chi connectivity index (χ1n) is 8.26. The van der Waals surface area contributed by atoms with Crippen LogP contribution in [0.25, 0.3) is 0 Å². The van der Waals surface area contributed by atoms with E-state index in [0.717, 1.165) is 59.0 Å². The zero-order valence-corrected chi connectivity index (χ0v) is 13.5. The lowest BCUT2D eigenvalue weighted by molar-refractivity contribution is 0.00476. The molecule has 0 spiro atoms. The van der Waals surface area contributed by atoms with Crippen LogP contribution in [0.4, 0.5) is 0 Å². The second-order valence-electron chi connectivity index (χ2n) is 6.41. The van der Waals surface area contributed by atoms with E-state index in [1.807, 2.05) is 0 Å². The molecule has 2 saturated heterocycles. The molecule has 2 unspecified atom stereocenters. The number of ether oxygens (including phenoxy) is 2. The van der Waals surface area contributed by atoms with E-state index in [2.05, 4.69) is 29.7 Å². The molecule has 0 radical (unpaired) electrons. The molecule has 0 amide bonds. The molecule has 0 aromatic heterocycles. The highest BCUT2D eigenvalue weighted by atomic mass is 16.5. The highest BCUT2D eigenvalue weighted by molar-refractivity contribution is 4.95. The van der Waals surface area contributed by atoms with Crippen molar-refractivity contribution in [1.29, 1.82) is 5.26 Å². The van der Waals surface area contributed by atoms with E-state index in [-0.39, 0.29) is 6.04 Å². The third-order valence-corrected chi connectivity index (χ3v) is 4.44. The van der Waals surface area contributed by atoms with Gasteiger partial charge < -0.3 is 9.47 Å². The van der Waals surface area contributed by atoms with E-state index in [1.54, 1.807) is 0 Å². The summed E-state index contributed by atoms with van der Waals surface area (Å²) in [5.74, 6) is 0.399. The molecule has 2 aliphatic heterocycles. The Bertz CT molecular complexity index is 329. The zero-order valence-electron chi connectivity index (χ0n) is 13.5. The fraction of sp³-hybridized carbons (Fsp3) is 0.938. The van der Waals surface area contributed by atoms with Crippen molar-refractivity contribution >= 4 is 0 Å². The number of nitriles is 1. The van der Waals surface area contributed by atoms with Crippen molar-refractivity contribution < 1.29 is 9.47 Å².